The highest BCUT2D eigenvalue weighted by Gasteiger charge is 2.38. The first kappa shape index (κ1) is 35.9. The number of nitrogens with one attached hydrogen (secondary N) is 1. The second-order valence-corrected chi connectivity index (χ2v) is 14.5. The first-order chi connectivity index (χ1) is 23.1. The van der Waals surface area contributed by atoms with Crippen molar-refractivity contribution in [3.05, 3.63) is 123 Å². The Morgan fingerprint density at radius 3 is 2.18 bits per heavy atom. The van der Waals surface area contributed by atoms with Crippen LogP contribution in [0.5, 0.6) is 0 Å². The van der Waals surface area contributed by atoms with Gasteiger partial charge in [0.1, 0.15) is 13.2 Å². The normalized spacial score (nSPS) is 13.4. The number of ether oxygens (including phenoxy) is 1. The number of aromatic nitrogens is 1. The molecule has 1 aliphatic rings. The van der Waals surface area contributed by atoms with Crippen molar-refractivity contribution in [2.75, 3.05) is 18.5 Å². The molecule has 1 fully saturated rings. The Morgan fingerprint density at radius 1 is 0.959 bits per heavy atom. The molecule has 3 aromatic carbocycles. The highest BCUT2D eigenvalue weighted by Crippen LogP contribution is 2.42. The zero-order chi connectivity index (χ0) is 35.7. The fourth-order valence-electron chi connectivity index (χ4n) is 4.96. The van der Waals surface area contributed by atoms with E-state index in [2.05, 4.69) is 10.3 Å². The SMILES string of the molecule is CC(C)(COC(=O)CN(Cc1ccc(Cl)cc1)S(=O)(=O)c1c(F)c(F)c(F)c(F)c1F)c1cc(C(=O)Nc2cccnc2)cc(C2CC2)c1. The maximum atomic E-state index is 14.7. The van der Waals surface area contributed by atoms with Gasteiger partial charge in [0.15, 0.2) is 28.2 Å². The molecule has 15 heteroatoms. The molecule has 0 unspecified atom stereocenters. The van der Waals surface area contributed by atoms with Crippen molar-refractivity contribution in [2.24, 2.45) is 0 Å². The van der Waals surface area contributed by atoms with Crippen LogP contribution >= 0.6 is 11.6 Å². The van der Waals surface area contributed by atoms with Gasteiger partial charge in [-0.15, -0.1) is 0 Å². The zero-order valence-corrected chi connectivity index (χ0v) is 27.6. The second kappa shape index (κ2) is 14.2. The van der Waals surface area contributed by atoms with Crippen LogP contribution < -0.4 is 5.32 Å². The molecule has 5 rings (SSSR count). The smallest absolute Gasteiger partial charge is 0.321 e. The number of benzene rings is 3. The van der Waals surface area contributed by atoms with Crippen LogP contribution in [-0.2, 0) is 31.5 Å². The molecule has 258 valence electrons. The maximum Gasteiger partial charge on any atom is 0.321 e. The minimum atomic E-state index is -5.53. The molecule has 4 aromatic rings. The van der Waals surface area contributed by atoms with Gasteiger partial charge in [-0.2, -0.15) is 4.31 Å². The molecule has 1 aromatic heterocycles. The van der Waals surface area contributed by atoms with Gasteiger partial charge in [-0.3, -0.25) is 14.6 Å². The van der Waals surface area contributed by atoms with Gasteiger partial charge in [0.2, 0.25) is 15.8 Å². The van der Waals surface area contributed by atoms with Crippen molar-refractivity contribution in [1.82, 2.24) is 9.29 Å². The summed E-state index contributed by atoms with van der Waals surface area (Å²) in [6.07, 6.45) is 4.93. The Bertz CT molecular complexity index is 1980. The summed E-state index contributed by atoms with van der Waals surface area (Å²) in [5.74, 6) is -13.9. The number of amides is 1. The number of halogens is 6. The number of hydrogen-bond donors (Lipinski definition) is 1. The summed E-state index contributed by atoms with van der Waals surface area (Å²) in [6, 6.07) is 14.1. The molecule has 1 amide bonds. The van der Waals surface area contributed by atoms with E-state index in [1.807, 2.05) is 6.07 Å². The molecule has 0 atom stereocenters. The van der Waals surface area contributed by atoms with Crippen LogP contribution in [-0.4, -0.2) is 42.7 Å². The largest absolute Gasteiger partial charge is 0.464 e. The summed E-state index contributed by atoms with van der Waals surface area (Å²) in [5, 5.41) is 3.05. The lowest BCUT2D eigenvalue weighted by molar-refractivity contribution is -0.145. The number of rotatable bonds is 12. The van der Waals surface area contributed by atoms with Crippen LogP contribution in [0.2, 0.25) is 5.02 Å². The Hall–Kier alpha value is -4.40. The lowest BCUT2D eigenvalue weighted by atomic mass is 9.83. The van der Waals surface area contributed by atoms with Crippen LogP contribution in [0.3, 0.4) is 0 Å². The predicted molar refractivity (Wildman–Crippen MR) is 170 cm³/mol. The maximum absolute atomic E-state index is 14.7. The van der Waals surface area contributed by atoms with Gasteiger partial charge in [0.25, 0.3) is 5.91 Å². The number of sulfonamides is 1. The van der Waals surface area contributed by atoms with Crippen molar-refractivity contribution in [1.29, 1.82) is 0 Å². The molecular formula is C34H29ClF5N3O5S. The molecule has 49 heavy (non-hydrogen) atoms. The molecule has 0 aliphatic heterocycles. The highest BCUT2D eigenvalue weighted by atomic mass is 35.5. The van der Waals surface area contributed by atoms with Crippen molar-refractivity contribution in [3.8, 4) is 0 Å². The third-order valence-corrected chi connectivity index (χ3v) is 9.97. The summed E-state index contributed by atoms with van der Waals surface area (Å²) in [6.45, 7) is 1.26. The van der Waals surface area contributed by atoms with E-state index in [9.17, 15) is 40.0 Å². The molecule has 1 saturated carbocycles. The van der Waals surface area contributed by atoms with E-state index in [1.54, 1.807) is 44.3 Å². The van der Waals surface area contributed by atoms with Gasteiger partial charge >= 0.3 is 5.97 Å². The lowest BCUT2D eigenvalue weighted by Gasteiger charge is -2.27. The number of esters is 1. The number of carbonyl (C=O) groups is 2. The Kier molecular flexibility index (Phi) is 10.4. The minimum absolute atomic E-state index is 0.180. The fourth-order valence-corrected chi connectivity index (χ4v) is 6.57. The number of hydrogen-bond acceptors (Lipinski definition) is 6. The van der Waals surface area contributed by atoms with E-state index in [0.29, 0.717) is 16.8 Å². The summed E-state index contributed by atoms with van der Waals surface area (Å²) in [7, 11) is -5.53. The van der Waals surface area contributed by atoms with E-state index in [-0.39, 0.29) is 33.3 Å². The number of carbonyl (C=O) groups excluding carboxylic acids is 2. The molecular weight excluding hydrogens is 693 g/mol. The Morgan fingerprint density at radius 2 is 1.59 bits per heavy atom. The molecule has 0 saturated heterocycles. The summed E-state index contributed by atoms with van der Waals surface area (Å²) >= 11 is 5.89. The van der Waals surface area contributed by atoms with Crippen LogP contribution in [0, 0.1) is 29.1 Å². The average Bonchev–Trinajstić information content (AvgIpc) is 3.92. The first-order valence-corrected chi connectivity index (χ1v) is 16.7. The van der Waals surface area contributed by atoms with Gasteiger partial charge in [-0.05, 0) is 71.8 Å². The topological polar surface area (TPSA) is 106 Å². The number of pyridine rings is 1. The fraction of sp³-hybridized carbons (Fsp3) is 0.265. The van der Waals surface area contributed by atoms with Gasteiger partial charge in [0, 0.05) is 28.7 Å². The molecule has 0 spiro atoms. The quantitative estimate of drug-likeness (QED) is 0.0714. The Labute approximate surface area is 283 Å². The van der Waals surface area contributed by atoms with Crippen LogP contribution in [0.25, 0.3) is 0 Å². The third-order valence-electron chi connectivity index (χ3n) is 7.91. The van der Waals surface area contributed by atoms with Crippen molar-refractivity contribution < 1.29 is 44.7 Å². The number of nitrogens with zero attached hydrogens (tertiary/aromatic N) is 2. The average molecular weight is 722 g/mol. The predicted octanol–water partition coefficient (Wildman–Crippen LogP) is 7.27. The molecule has 1 aliphatic carbocycles. The van der Waals surface area contributed by atoms with Crippen molar-refractivity contribution in [2.45, 2.75) is 49.5 Å². The minimum Gasteiger partial charge on any atom is -0.464 e. The van der Waals surface area contributed by atoms with Gasteiger partial charge in [-0.1, -0.05) is 43.6 Å². The van der Waals surface area contributed by atoms with Crippen molar-refractivity contribution in [3.63, 3.8) is 0 Å². The molecule has 0 bridgehead atoms. The van der Waals surface area contributed by atoms with Crippen LogP contribution in [0.15, 0.2) is 71.9 Å². The summed E-state index contributed by atoms with van der Waals surface area (Å²) < 4.78 is 104. The van der Waals surface area contributed by atoms with Crippen LogP contribution in [0.4, 0.5) is 27.6 Å². The van der Waals surface area contributed by atoms with E-state index in [0.717, 1.165) is 18.4 Å². The van der Waals surface area contributed by atoms with Gasteiger partial charge in [-0.25, -0.2) is 30.4 Å². The standard InChI is InChI=1S/C34H29ClF5N3O5S/c1-34(2,23-13-21(20-7-8-20)12-22(14-23)33(45)42-25-4-3-11-41-15-25)18-48-26(44)17-43(16-19-5-9-24(35)10-6-19)49(46,47)32-30(39)28(37)27(36)29(38)31(32)40/h3-6,9-15,20H,7-8,16-18H2,1-2H3,(H,42,45). The van der Waals surface area contributed by atoms with E-state index in [4.69, 9.17) is 16.3 Å². The van der Waals surface area contributed by atoms with E-state index >= 15 is 0 Å². The second-order valence-electron chi connectivity index (χ2n) is 12.2. The lowest BCUT2D eigenvalue weighted by Crippen LogP contribution is -2.38. The third kappa shape index (κ3) is 8.09. The molecule has 1 N–H and O–H groups in total. The summed E-state index contributed by atoms with van der Waals surface area (Å²) in [5.41, 5.74) is 1.63. The van der Waals surface area contributed by atoms with Gasteiger partial charge < -0.3 is 10.1 Å². The molecule has 1 heterocycles. The van der Waals surface area contributed by atoms with E-state index < -0.39 is 68.5 Å². The Balaban J connectivity index is 1.39. The van der Waals surface area contributed by atoms with E-state index in [1.165, 1.54) is 30.5 Å². The highest BCUT2D eigenvalue weighted by molar-refractivity contribution is 7.89. The van der Waals surface area contributed by atoms with Crippen LogP contribution in [0.1, 0.15) is 59.7 Å². The monoisotopic (exact) mass is 721 g/mol. The number of anilines is 1. The first-order valence-electron chi connectivity index (χ1n) is 14.9. The molecule has 0 radical (unpaired) electrons. The molecule has 8 nitrogen and oxygen atoms in total. The summed E-state index contributed by atoms with van der Waals surface area (Å²) in [4.78, 5) is 28.2. The van der Waals surface area contributed by atoms with Crippen molar-refractivity contribution >= 4 is 39.2 Å². The van der Waals surface area contributed by atoms with Gasteiger partial charge in [0.05, 0.1) is 11.9 Å². The zero-order valence-electron chi connectivity index (χ0n) is 26.1.